The Kier molecular flexibility index (Phi) is 11.1. The van der Waals surface area contributed by atoms with Crippen molar-refractivity contribution in [3.8, 4) is 0 Å². The number of esters is 1. The fraction of sp³-hybridized carbons (Fsp3) is 0.185. The van der Waals surface area contributed by atoms with Crippen LogP contribution in [-0.2, 0) is 9.53 Å². The van der Waals surface area contributed by atoms with Gasteiger partial charge in [0, 0.05) is 16.3 Å². The third kappa shape index (κ3) is 7.41. The highest BCUT2D eigenvalue weighted by Gasteiger charge is 2.29. The van der Waals surface area contributed by atoms with Gasteiger partial charge in [0.25, 0.3) is 5.91 Å². The maximum absolute atomic E-state index is 13.1. The summed E-state index contributed by atoms with van der Waals surface area (Å²) in [6.45, 7) is 3.84. The van der Waals surface area contributed by atoms with E-state index in [1.165, 1.54) is 11.8 Å². The van der Waals surface area contributed by atoms with Crippen molar-refractivity contribution in [2.45, 2.75) is 30.4 Å². The number of nitrogens with one attached hydrogen (secondary N) is 2. The van der Waals surface area contributed by atoms with E-state index < -0.39 is 39.2 Å². The molecule has 2 amide bonds. The first-order valence-corrected chi connectivity index (χ1v) is 14.1. The van der Waals surface area contributed by atoms with Gasteiger partial charge in [0.2, 0.25) is 5.91 Å². The summed E-state index contributed by atoms with van der Waals surface area (Å²) in [6, 6.07) is 13.0. The summed E-state index contributed by atoms with van der Waals surface area (Å²) >= 11 is 25.5. The fourth-order valence-corrected chi connectivity index (χ4v) is 5.53. The van der Waals surface area contributed by atoms with E-state index in [2.05, 4.69) is 10.6 Å². The average Bonchev–Trinajstić information content (AvgIpc) is 2.92. The van der Waals surface area contributed by atoms with Crippen molar-refractivity contribution >= 4 is 93.3 Å². The molecule has 0 bridgehead atoms. The molecule has 0 radical (unpaired) electrons. The van der Waals surface area contributed by atoms with Crippen molar-refractivity contribution in [2.24, 2.45) is 0 Å². The van der Waals surface area contributed by atoms with Crippen LogP contribution in [0.15, 0.2) is 53.4 Å². The molecule has 0 saturated carbocycles. The molecule has 3 aromatic rings. The van der Waals surface area contributed by atoms with Gasteiger partial charge in [-0.15, -0.1) is 11.8 Å². The van der Waals surface area contributed by atoms with Crippen LogP contribution in [0.25, 0.3) is 0 Å². The minimum Gasteiger partial charge on any atom is -0.478 e. The molecule has 0 aromatic heterocycles. The number of aromatic carboxylic acids is 1. The van der Waals surface area contributed by atoms with E-state index in [1.54, 1.807) is 55.5 Å². The van der Waals surface area contributed by atoms with Gasteiger partial charge in [0.15, 0.2) is 0 Å². The van der Waals surface area contributed by atoms with Crippen LogP contribution in [-0.4, -0.2) is 40.7 Å². The second-order valence-corrected chi connectivity index (χ2v) is 10.9. The molecule has 0 heterocycles. The molecular weight excluding hydrogens is 622 g/mol. The van der Waals surface area contributed by atoms with Crippen molar-refractivity contribution < 1.29 is 29.0 Å². The Hall–Kier alpha value is -2.95. The summed E-state index contributed by atoms with van der Waals surface area (Å²) in [4.78, 5) is 50.3. The van der Waals surface area contributed by atoms with Gasteiger partial charge < -0.3 is 20.5 Å². The maximum Gasteiger partial charge on any atom is 0.338 e. The number of hydrogen-bond donors (Lipinski definition) is 3. The molecule has 1 unspecified atom stereocenters. The third-order valence-corrected chi connectivity index (χ3v) is 8.57. The Bertz CT molecular complexity index is 1470. The number of amides is 2. The molecule has 0 fully saturated rings. The Labute approximate surface area is 254 Å². The average molecular weight is 644 g/mol. The monoisotopic (exact) mass is 642 g/mol. The van der Waals surface area contributed by atoms with E-state index in [-0.39, 0.29) is 27.6 Å². The lowest BCUT2D eigenvalue weighted by molar-refractivity contribution is -0.115. The molecule has 210 valence electrons. The summed E-state index contributed by atoms with van der Waals surface area (Å²) in [5, 5.41) is 13.2. The van der Waals surface area contributed by atoms with Gasteiger partial charge in [-0.05, 0) is 55.8 Å². The zero-order valence-corrected chi connectivity index (χ0v) is 24.9. The number of ether oxygens (including phenoxy) is 1. The Morgan fingerprint density at radius 3 is 2.05 bits per heavy atom. The lowest BCUT2D eigenvalue weighted by Crippen LogP contribution is -2.24. The van der Waals surface area contributed by atoms with Crippen LogP contribution >= 0.6 is 58.2 Å². The third-order valence-electron chi connectivity index (χ3n) is 5.41. The molecule has 8 nitrogen and oxygen atoms in total. The number of carbonyl (C=O) groups is 4. The smallest absolute Gasteiger partial charge is 0.338 e. The molecule has 0 aliphatic heterocycles. The van der Waals surface area contributed by atoms with Gasteiger partial charge in [-0.25, -0.2) is 9.59 Å². The molecule has 0 saturated heterocycles. The molecule has 40 heavy (non-hydrogen) atoms. The van der Waals surface area contributed by atoms with Gasteiger partial charge >= 0.3 is 11.9 Å². The second kappa shape index (κ2) is 14.1. The Morgan fingerprint density at radius 1 is 0.850 bits per heavy atom. The second-order valence-electron chi connectivity index (χ2n) is 8.09. The predicted molar refractivity (Wildman–Crippen MR) is 159 cm³/mol. The standard InChI is InChI=1S/C27H22Cl4N2O6S/c1-3-17(24(34)32-14-10-8-13(9-11-14)27(38)39-4-2)40-16-7-5-6-15(12-16)33-25(35)18-19(26(36)37)21(29)23(31)22(30)20(18)28/h5-12,17H,3-4H2,1-2H3,(H,32,34)(H,33,35)(H,36,37). The van der Waals surface area contributed by atoms with E-state index in [1.807, 2.05) is 6.92 Å². The van der Waals surface area contributed by atoms with Crippen LogP contribution in [0.1, 0.15) is 51.3 Å². The SMILES string of the molecule is CCOC(=O)c1ccc(NC(=O)C(CC)Sc2cccc(NC(=O)c3c(Cl)c(Cl)c(Cl)c(Cl)c3C(=O)O)c2)cc1. The largest absolute Gasteiger partial charge is 0.478 e. The minimum atomic E-state index is -1.51. The van der Waals surface area contributed by atoms with Gasteiger partial charge in [-0.1, -0.05) is 59.4 Å². The predicted octanol–water partition coefficient (Wildman–Crippen LogP) is 7.94. The van der Waals surface area contributed by atoms with Crippen molar-refractivity contribution in [3.05, 3.63) is 85.3 Å². The molecule has 3 N–H and O–H groups in total. The normalized spacial score (nSPS) is 11.4. The number of carboxylic acids is 1. The Balaban J connectivity index is 1.75. The maximum atomic E-state index is 13.1. The highest BCUT2D eigenvalue weighted by Crippen LogP contribution is 2.42. The first kappa shape index (κ1) is 31.6. The van der Waals surface area contributed by atoms with Gasteiger partial charge in [-0.3, -0.25) is 9.59 Å². The van der Waals surface area contributed by atoms with Crippen LogP contribution in [0, 0.1) is 0 Å². The number of carbonyl (C=O) groups excluding carboxylic acids is 3. The number of hydrogen-bond acceptors (Lipinski definition) is 6. The molecular formula is C27H22Cl4N2O6S. The summed E-state index contributed by atoms with van der Waals surface area (Å²) in [5.41, 5.74) is 0.187. The number of benzene rings is 3. The van der Waals surface area contributed by atoms with Crippen LogP contribution in [0.5, 0.6) is 0 Å². The number of halogens is 4. The van der Waals surface area contributed by atoms with E-state index in [9.17, 15) is 24.3 Å². The molecule has 1 atom stereocenters. The minimum absolute atomic E-state index is 0.250. The summed E-state index contributed by atoms with van der Waals surface area (Å²) in [7, 11) is 0. The van der Waals surface area contributed by atoms with Crippen molar-refractivity contribution in [3.63, 3.8) is 0 Å². The number of carboxylic acid groups (broad SMARTS) is 1. The van der Waals surface area contributed by atoms with Crippen LogP contribution in [0.3, 0.4) is 0 Å². The van der Waals surface area contributed by atoms with E-state index in [0.29, 0.717) is 28.3 Å². The van der Waals surface area contributed by atoms with Crippen LogP contribution in [0.2, 0.25) is 20.1 Å². The first-order valence-electron chi connectivity index (χ1n) is 11.7. The van der Waals surface area contributed by atoms with E-state index in [4.69, 9.17) is 51.1 Å². The van der Waals surface area contributed by atoms with Gasteiger partial charge in [-0.2, -0.15) is 0 Å². The van der Waals surface area contributed by atoms with Crippen molar-refractivity contribution in [1.29, 1.82) is 0 Å². The van der Waals surface area contributed by atoms with Crippen molar-refractivity contribution in [1.82, 2.24) is 0 Å². The number of anilines is 2. The number of rotatable bonds is 10. The summed E-state index contributed by atoms with van der Waals surface area (Å²) in [6.07, 6.45) is 0.493. The molecule has 0 spiro atoms. The molecule has 0 aliphatic rings. The summed E-state index contributed by atoms with van der Waals surface area (Å²) in [5.74, 6) is -3.07. The number of thioether (sulfide) groups is 1. The quantitative estimate of drug-likeness (QED) is 0.0887. The Morgan fingerprint density at radius 2 is 1.48 bits per heavy atom. The van der Waals surface area contributed by atoms with Crippen LogP contribution < -0.4 is 10.6 Å². The molecule has 0 aliphatic carbocycles. The molecule has 3 aromatic carbocycles. The van der Waals surface area contributed by atoms with Crippen molar-refractivity contribution in [2.75, 3.05) is 17.2 Å². The van der Waals surface area contributed by atoms with Crippen LogP contribution in [0.4, 0.5) is 11.4 Å². The zero-order valence-electron chi connectivity index (χ0n) is 21.0. The zero-order chi connectivity index (χ0) is 29.6. The molecule has 3 rings (SSSR count). The van der Waals surface area contributed by atoms with Gasteiger partial charge in [0.1, 0.15) is 0 Å². The first-order chi connectivity index (χ1) is 19.0. The molecule has 13 heteroatoms. The van der Waals surface area contributed by atoms with Gasteiger partial charge in [0.05, 0.1) is 48.6 Å². The van der Waals surface area contributed by atoms with E-state index in [0.717, 1.165) is 0 Å². The topological polar surface area (TPSA) is 122 Å². The lowest BCUT2D eigenvalue weighted by atomic mass is 10.1. The van der Waals surface area contributed by atoms with E-state index >= 15 is 0 Å². The summed E-state index contributed by atoms with van der Waals surface area (Å²) < 4.78 is 4.96. The fourth-order valence-electron chi connectivity index (χ4n) is 3.50. The highest BCUT2D eigenvalue weighted by molar-refractivity contribution is 8.00. The lowest BCUT2D eigenvalue weighted by Gasteiger charge is -2.16. The highest BCUT2D eigenvalue weighted by atomic mass is 35.5.